The number of carbonyl (C=O) groups excluding carboxylic acids is 1. The van der Waals surface area contributed by atoms with Crippen LogP contribution >= 0.6 is 0 Å². The number of aliphatic carboxylic acids is 2. The van der Waals surface area contributed by atoms with Crippen molar-refractivity contribution in [1.82, 2.24) is 5.32 Å². The van der Waals surface area contributed by atoms with E-state index in [1.165, 1.54) is 0 Å². The Bertz CT molecular complexity index is 289. The van der Waals surface area contributed by atoms with Gasteiger partial charge in [-0.25, -0.2) is 4.79 Å². The van der Waals surface area contributed by atoms with E-state index in [9.17, 15) is 14.4 Å². The topological polar surface area (TPSA) is 122 Å². The van der Waals surface area contributed by atoms with Crippen molar-refractivity contribution in [3.63, 3.8) is 0 Å². The van der Waals surface area contributed by atoms with E-state index in [2.05, 4.69) is 14.8 Å². The lowest BCUT2D eigenvalue weighted by molar-refractivity contribution is -0.146. The molecule has 0 heterocycles. The molecule has 0 saturated carbocycles. The summed E-state index contributed by atoms with van der Waals surface area (Å²) in [5, 5.41) is 19.3. The first kappa shape index (κ1) is 15.2. The molecular formula is C9H15NO7. The van der Waals surface area contributed by atoms with Gasteiger partial charge in [-0.15, -0.1) is 0 Å². The number of rotatable bonds is 7. The molecule has 0 aliphatic carbocycles. The maximum absolute atomic E-state index is 10.9. The zero-order valence-corrected chi connectivity index (χ0v) is 9.50. The summed E-state index contributed by atoms with van der Waals surface area (Å²) in [4.78, 5) is 31.8. The van der Waals surface area contributed by atoms with Gasteiger partial charge in [0.1, 0.15) is 12.8 Å². The van der Waals surface area contributed by atoms with Crippen LogP contribution in [0.2, 0.25) is 0 Å². The summed E-state index contributed by atoms with van der Waals surface area (Å²) in [6.07, 6.45) is -1.92. The summed E-state index contributed by atoms with van der Waals surface area (Å²) in [6.45, 7) is 2.81. The van der Waals surface area contributed by atoms with Crippen LogP contribution in [0.1, 0.15) is 20.3 Å². The Hall–Kier alpha value is -1.83. The molecule has 0 spiro atoms. The maximum atomic E-state index is 10.9. The average molecular weight is 249 g/mol. The molecule has 1 atom stereocenters. The fourth-order valence-electron chi connectivity index (χ4n) is 0.849. The Morgan fingerprint density at radius 1 is 1.24 bits per heavy atom. The molecule has 0 saturated heterocycles. The Morgan fingerprint density at radius 3 is 2.24 bits per heavy atom. The van der Waals surface area contributed by atoms with E-state index in [4.69, 9.17) is 10.2 Å². The van der Waals surface area contributed by atoms with Crippen LogP contribution < -0.4 is 5.32 Å². The SMILES string of the molecule is CC(C)OC(=O)OCN[C@@H](CC(=O)O)C(=O)O. The van der Waals surface area contributed by atoms with Crippen molar-refractivity contribution in [3.8, 4) is 0 Å². The highest BCUT2D eigenvalue weighted by Gasteiger charge is 2.20. The average Bonchev–Trinajstić information content (AvgIpc) is 2.13. The standard InChI is InChI=1S/C9H15NO7/c1-5(2)17-9(15)16-4-10-6(8(13)14)3-7(11)12/h5-6,10H,3-4H2,1-2H3,(H,11,12)(H,13,14)/t6-/m0/s1. The van der Waals surface area contributed by atoms with Gasteiger partial charge in [0.15, 0.2) is 0 Å². The monoisotopic (exact) mass is 249 g/mol. The molecule has 0 radical (unpaired) electrons. The minimum atomic E-state index is -1.34. The van der Waals surface area contributed by atoms with Crippen molar-refractivity contribution in [2.45, 2.75) is 32.4 Å². The largest absolute Gasteiger partial charge is 0.509 e. The molecule has 8 nitrogen and oxygen atoms in total. The van der Waals surface area contributed by atoms with Gasteiger partial charge in [0.2, 0.25) is 0 Å². The Labute approximate surface area is 97.5 Å². The fourth-order valence-corrected chi connectivity index (χ4v) is 0.849. The van der Waals surface area contributed by atoms with Gasteiger partial charge < -0.3 is 19.7 Å². The second kappa shape index (κ2) is 7.44. The normalized spacial score (nSPS) is 11.9. The molecule has 98 valence electrons. The van der Waals surface area contributed by atoms with E-state index in [0.29, 0.717) is 0 Å². The highest BCUT2D eigenvalue weighted by molar-refractivity contribution is 5.80. The Balaban J connectivity index is 3.94. The van der Waals surface area contributed by atoms with Crippen molar-refractivity contribution in [2.24, 2.45) is 0 Å². The highest BCUT2D eigenvalue weighted by atomic mass is 16.7. The third-order valence-corrected chi connectivity index (χ3v) is 1.53. The van der Waals surface area contributed by atoms with Gasteiger partial charge in [-0.05, 0) is 13.8 Å². The molecule has 3 N–H and O–H groups in total. The van der Waals surface area contributed by atoms with Crippen molar-refractivity contribution < 1.29 is 34.1 Å². The second-order valence-corrected chi connectivity index (χ2v) is 3.40. The lowest BCUT2D eigenvalue weighted by atomic mass is 10.2. The first-order valence-corrected chi connectivity index (χ1v) is 4.84. The molecule has 0 aromatic heterocycles. The van der Waals surface area contributed by atoms with Gasteiger partial charge in [-0.2, -0.15) is 0 Å². The number of hydrogen-bond donors (Lipinski definition) is 3. The molecule has 0 fully saturated rings. The number of carboxylic acids is 2. The number of carboxylic acid groups (broad SMARTS) is 2. The Kier molecular flexibility index (Phi) is 6.64. The number of nitrogens with one attached hydrogen (secondary N) is 1. The summed E-state index contributed by atoms with van der Waals surface area (Å²) in [5.41, 5.74) is 0. The van der Waals surface area contributed by atoms with Crippen molar-refractivity contribution >= 4 is 18.1 Å². The van der Waals surface area contributed by atoms with Crippen LogP contribution in [0.3, 0.4) is 0 Å². The van der Waals surface area contributed by atoms with Gasteiger partial charge in [0.25, 0.3) is 0 Å². The predicted molar refractivity (Wildman–Crippen MR) is 54.4 cm³/mol. The van der Waals surface area contributed by atoms with E-state index < -0.39 is 37.3 Å². The minimum Gasteiger partial charge on any atom is -0.481 e. The second-order valence-electron chi connectivity index (χ2n) is 3.40. The van der Waals surface area contributed by atoms with E-state index >= 15 is 0 Å². The smallest absolute Gasteiger partial charge is 0.481 e. The molecule has 0 aromatic rings. The zero-order chi connectivity index (χ0) is 13.4. The molecule has 0 unspecified atom stereocenters. The summed E-state index contributed by atoms with van der Waals surface area (Å²) in [6, 6.07) is -1.32. The predicted octanol–water partition coefficient (Wildman–Crippen LogP) is 0.0230. The van der Waals surface area contributed by atoms with Gasteiger partial charge >= 0.3 is 18.1 Å². The molecular weight excluding hydrogens is 234 g/mol. The summed E-state index contributed by atoms with van der Waals surface area (Å²) < 4.78 is 9.10. The van der Waals surface area contributed by atoms with Crippen molar-refractivity contribution in [1.29, 1.82) is 0 Å². The van der Waals surface area contributed by atoms with Crippen LogP contribution in [-0.4, -0.2) is 47.2 Å². The summed E-state index contributed by atoms with van der Waals surface area (Å²) in [5.74, 6) is -2.61. The van der Waals surface area contributed by atoms with Gasteiger partial charge in [0, 0.05) is 0 Å². The quantitative estimate of drug-likeness (QED) is 0.426. The maximum Gasteiger partial charge on any atom is 0.509 e. The van der Waals surface area contributed by atoms with Crippen LogP contribution in [0.4, 0.5) is 4.79 Å². The van der Waals surface area contributed by atoms with E-state index in [0.717, 1.165) is 0 Å². The molecule has 17 heavy (non-hydrogen) atoms. The van der Waals surface area contributed by atoms with E-state index in [-0.39, 0.29) is 6.10 Å². The van der Waals surface area contributed by atoms with Crippen molar-refractivity contribution in [3.05, 3.63) is 0 Å². The highest BCUT2D eigenvalue weighted by Crippen LogP contribution is 1.95. The van der Waals surface area contributed by atoms with Crippen LogP contribution in [0.25, 0.3) is 0 Å². The molecule has 0 aliphatic rings. The molecule has 0 aliphatic heterocycles. The lowest BCUT2D eigenvalue weighted by Crippen LogP contribution is -2.40. The summed E-state index contributed by atoms with van der Waals surface area (Å²) in [7, 11) is 0. The van der Waals surface area contributed by atoms with Crippen LogP contribution in [-0.2, 0) is 19.1 Å². The molecule has 0 bridgehead atoms. The van der Waals surface area contributed by atoms with Crippen LogP contribution in [0.15, 0.2) is 0 Å². The number of ether oxygens (including phenoxy) is 2. The number of hydrogen-bond acceptors (Lipinski definition) is 6. The zero-order valence-electron chi connectivity index (χ0n) is 9.50. The Morgan fingerprint density at radius 2 is 1.82 bits per heavy atom. The molecule has 0 rings (SSSR count). The molecule has 0 aromatic carbocycles. The number of carbonyl (C=O) groups is 3. The van der Waals surface area contributed by atoms with Gasteiger partial charge in [0.05, 0.1) is 12.5 Å². The summed E-state index contributed by atoms with van der Waals surface area (Å²) >= 11 is 0. The van der Waals surface area contributed by atoms with Gasteiger partial charge in [-0.1, -0.05) is 0 Å². The van der Waals surface area contributed by atoms with E-state index in [1.54, 1.807) is 13.8 Å². The third-order valence-electron chi connectivity index (χ3n) is 1.53. The first-order valence-electron chi connectivity index (χ1n) is 4.84. The lowest BCUT2D eigenvalue weighted by Gasteiger charge is -2.13. The fraction of sp³-hybridized carbons (Fsp3) is 0.667. The van der Waals surface area contributed by atoms with Gasteiger partial charge in [-0.3, -0.25) is 14.9 Å². The van der Waals surface area contributed by atoms with E-state index in [1.807, 2.05) is 0 Å². The molecule has 0 amide bonds. The minimum absolute atomic E-state index is 0.350. The first-order chi connectivity index (χ1) is 7.82. The third kappa shape index (κ3) is 8.03. The molecule has 8 heteroatoms. The van der Waals surface area contributed by atoms with Crippen molar-refractivity contribution in [2.75, 3.05) is 6.73 Å². The van der Waals surface area contributed by atoms with Crippen LogP contribution in [0.5, 0.6) is 0 Å². The van der Waals surface area contributed by atoms with Crippen LogP contribution in [0, 0.1) is 0 Å².